The Morgan fingerprint density at radius 2 is 1.32 bits per heavy atom. The van der Waals surface area contributed by atoms with Gasteiger partial charge in [-0.15, -0.1) is 0 Å². The fourth-order valence-corrected chi connectivity index (χ4v) is 7.71. The van der Waals surface area contributed by atoms with Crippen LogP contribution in [0, 0.1) is 6.92 Å². The van der Waals surface area contributed by atoms with E-state index >= 15 is 0 Å². The first kappa shape index (κ1) is 41.9. The van der Waals surface area contributed by atoms with Gasteiger partial charge in [0.15, 0.2) is 5.16 Å². The van der Waals surface area contributed by atoms with Crippen molar-refractivity contribution in [3.8, 4) is 16.9 Å². The molecule has 0 aliphatic heterocycles. The fraction of sp³-hybridized carbons (Fsp3) is 0.545. The number of hydrogen-bond acceptors (Lipinski definition) is 8. The number of imidazole rings is 1. The van der Waals surface area contributed by atoms with E-state index in [2.05, 4.69) is 18.0 Å². The van der Waals surface area contributed by atoms with Crippen molar-refractivity contribution < 1.29 is 23.8 Å². The lowest BCUT2D eigenvalue weighted by Gasteiger charge is -2.24. The van der Waals surface area contributed by atoms with Gasteiger partial charge in [-0.05, 0) is 71.2 Å². The van der Waals surface area contributed by atoms with E-state index in [0.717, 1.165) is 41.4 Å². The van der Waals surface area contributed by atoms with Crippen molar-refractivity contribution in [2.75, 3.05) is 13.2 Å². The lowest BCUT2D eigenvalue weighted by Crippen LogP contribution is -2.19. The van der Waals surface area contributed by atoms with Crippen LogP contribution < -0.4 is 4.74 Å². The van der Waals surface area contributed by atoms with Crippen LogP contribution in [0.15, 0.2) is 47.6 Å². The minimum atomic E-state index is -0.535. The largest absolute Gasteiger partial charge is 0.490 e. The maximum Gasteiger partial charge on any atom is 0.340 e. The number of carbonyl (C=O) groups excluding carboxylic acids is 2. The van der Waals surface area contributed by atoms with Crippen molar-refractivity contribution in [3.63, 3.8) is 0 Å². The number of para-hydroxylation sites is 2. The first-order chi connectivity index (χ1) is 25.8. The highest BCUT2D eigenvalue weighted by molar-refractivity contribution is 7.98. The standard InChI is InChI=1S/C44H61N3O5S/c1-7-10-11-12-13-14-15-16-17-18-19-20-21-25-33-26-24-29-37(52-31(4)5)39(33)41-38(42(48)50-8-2)32(6)45-36(40(41)43(49)51-9-3)30-53-44-46-34-27-22-23-28-35(34)47-44/h22-24,26-29,31H,7-21,25,30H2,1-6H3,(H,46,47). The van der Waals surface area contributed by atoms with E-state index in [1.54, 1.807) is 20.8 Å². The summed E-state index contributed by atoms with van der Waals surface area (Å²) in [7, 11) is 0. The third-order valence-electron chi connectivity index (χ3n) is 9.40. The maximum atomic E-state index is 14.1. The molecule has 4 rings (SSSR count). The van der Waals surface area contributed by atoms with Crippen LogP contribution in [0.5, 0.6) is 5.75 Å². The van der Waals surface area contributed by atoms with Crippen molar-refractivity contribution in [1.29, 1.82) is 0 Å². The minimum absolute atomic E-state index is 0.136. The topological polar surface area (TPSA) is 103 Å². The number of aryl methyl sites for hydroxylation is 2. The molecular weight excluding hydrogens is 683 g/mol. The minimum Gasteiger partial charge on any atom is -0.490 e. The highest BCUT2D eigenvalue weighted by Crippen LogP contribution is 2.42. The molecule has 0 spiro atoms. The first-order valence-electron chi connectivity index (χ1n) is 20.0. The molecule has 0 saturated heterocycles. The Labute approximate surface area is 321 Å². The molecule has 0 atom stereocenters. The fourth-order valence-electron chi connectivity index (χ4n) is 6.88. The molecule has 4 aromatic rings. The van der Waals surface area contributed by atoms with Gasteiger partial charge in [0.1, 0.15) is 5.75 Å². The molecule has 0 aliphatic carbocycles. The van der Waals surface area contributed by atoms with Crippen LogP contribution >= 0.6 is 11.8 Å². The molecule has 0 aliphatic rings. The van der Waals surface area contributed by atoms with Gasteiger partial charge in [-0.2, -0.15) is 0 Å². The molecule has 0 unspecified atom stereocenters. The van der Waals surface area contributed by atoms with E-state index in [1.165, 1.54) is 82.4 Å². The summed E-state index contributed by atoms with van der Waals surface area (Å²) in [6.07, 6.45) is 17.3. The van der Waals surface area contributed by atoms with Crippen LogP contribution in [0.3, 0.4) is 0 Å². The molecule has 0 saturated carbocycles. The monoisotopic (exact) mass is 743 g/mol. The number of carbonyl (C=O) groups is 2. The molecule has 0 fully saturated rings. The van der Waals surface area contributed by atoms with Crippen molar-refractivity contribution >= 4 is 34.7 Å². The summed E-state index contributed by atoms with van der Waals surface area (Å²) in [6.45, 7) is 12.0. The molecule has 9 heteroatoms. The van der Waals surface area contributed by atoms with E-state index in [0.29, 0.717) is 33.6 Å². The molecule has 8 nitrogen and oxygen atoms in total. The van der Waals surface area contributed by atoms with Gasteiger partial charge in [-0.1, -0.05) is 120 Å². The summed E-state index contributed by atoms with van der Waals surface area (Å²) >= 11 is 1.45. The maximum absolute atomic E-state index is 14.1. The Balaban J connectivity index is 1.66. The van der Waals surface area contributed by atoms with Crippen LogP contribution in [0.25, 0.3) is 22.2 Å². The quantitative estimate of drug-likeness (QED) is 0.0430. The van der Waals surface area contributed by atoms with Crippen LogP contribution in [-0.2, 0) is 21.6 Å². The molecule has 0 amide bonds. The zero-order valence-electron chi connectivity index (χ0n) is 33.0. The Morgan fingerprint density at radius 3 is 1.92 bits per heavy atom. The molecule has 2 heterocycles. The lowest BCUT2D eigenvalue weighted by atomic mass is 9.87. The average Bonchev–Trinajstić information content (AvgIpc) is 3.55. The molecule has 0 radical (unpaired) electrons. The molecule has 53 heavy (non-hydrogen) atoms. The summed E-state index contributed by atoms with van der Waals surface area (Å²) in [4.78, 5) is 40.9. The number of hydrogen-bond donors (Lipinski definition) is 1. The van der Waals surface area contributed by atoms with E-state index in [1.807, 2.05) is 50.2 Å². The van der Waals surface area contributed by atoms with Gasteiger partial charge in [-0.3, -0.25) is 4.98 Å². The highest BCUT2D eigenvalue weighted by atomic mass is 32.2. The molecule has 1 N–H and O–H groups in total. The smallest absolute Gasteiger partial charge is 0.340 e. The van der Waals surface area contributed by atoms with Crippen molar-refractivity contribution in [1.82, 2.24) is 15.0 Å². The SMILES string of the molecule is CCCCCCCCCCCCCCCc1cccc(OC(C)C)c1-c1c(C(=O)OCC)c(C)nc(CSc2nc3ccccc3[nH]2)c1C(=O)OCC. The number of nitrogens with zero attached hydrogens (tertiary/aromatic N) is 2. The van der Waals surface area contributed by atoms with Crippen molar-refractivity contribution in [2.45, 2.75) is 148 Å². The third-order valence-corrected chi connectivity index (χ3v) is 10.3. The van der Waals surface area contributed by atoms with Gasteiger partial charge in [-0.25, -0.2) is 14.6 Å². The van der Waals surface area contributed by atoms with Crippen molar-refractivity contribution in [2.24, 2.45) is 0 Å². The first-order valence-corrected chi connectivity index (χ1v) is 21.0. The summed E-state index contributed by atoms with van der Waals surface area (Å²) in [5.74, 6) is -0.121. The molecule has 2 aromatic carbocycles. The Morgan fingerprint density at radius 1 is 0.717 bits per heavy atom. The zero-order valence-corrected chi connectivity index (χ0v) is 33.8. The second kappa shape index (κ2) is 22.4. The number of aromatic amines is 1. The predicted molar refractivity (Wildman–Crippen MR) is 217 cm³/mol. The molecule has 0 bridgehead atoms. The second-order valence-electron chi connectivity index (χ2n) is 14.0. The summed E-state index contributed by atoms with van der Waals surface area (Å²) in [6, 6.07) is 13.9. The number of ether oxygens (including phenoxy) is 3. The Hall–Kier alpha value is -3.85. The summed E-state index contributed by atoms with van der Waals surface area (Å²) in [5, 5.41) is 0.711. The van der Waals surface area contributed by atoms with Crippen LogP contribution in [0.4, 0.5) is 0 Å². The van der Waals surface area contributed by atoms with Gasteiger partial charge in [0.2, 0.25) is 0 Å². The van der Waals surface area contributed by atoms with Gasteiger partial charge in [0, 0.05) is 16.9 Å². The molecule has 2 aromatic heterocycles. The number of esters is 2. The number of thioether (sulfide) groups is 1. The van der Waals surface area contributed by atoms with Crippen LogP contribution in [0.1, 0.15) is 156 Å². The predicted octanol–water partition coefficient (Wildman–Crippen LogP) is 12.0. The number of aromatic nitrogens is 3. The number of fused-ring (bicyclic) bond motifs is 1. The summed E-state index contributed by atoms with van der Waals surface area (Å²) in [5.41, 5.74) is 5.53. The number of rotatable bonds is 24. The Kier molecular flexibility index (Phi) is 17.7. The number of pyridine rings is 1. The Bertz CT molecular complexity index is 1720. The zero-order chi connectivity index (χ0) is 38.0. The van der Waals surface area contributed by atoms with E-state index in [9.17, 15) is 9.59 Å². The van der Waals surface area contributed by atoms with Crippen LogP contribution in [0.2, 0.25) is 0 Å². The lowest BCUT2D eigenvalue weighted by molar-refractivity contribution is 0.0525. The van der Waals surface area contributed by atoms with E-state index in [-0.39, 0.29) is 30.4 Å². The molecular formula is C44H61N3O5S. The number of H-pyrrole nitrogens is 1. The third kappa shape index (κ3) is 12.3. The number of benzene rings is 2. The average molecular weight is 744 g/mol. The highest BCUT2D eigenvalue weighted by Gasteiger charge is 2.32. The van der Waals surface area contributed by atoms with Crippen molar-refractivity contribution in [3.05, 3.63) is 70.5 Å². The second-order valence-corrected chi connectivity index (χ2v) is 15.0. The van der Waals surface area contributed by atoms with Gasteiger partial charge in [0.25, 0.3) is 0 Å². The van der Waals surface area contributed by atoms with Crippen LogP contribution in [-0.4, -0.2) is 46.2 Å². The van der Waals surface area contributed by atoms with E-state index < -0.39 is 11.9 Å². The number of unbranched alkanes of at least 4 members (excludes halogenated alkanes) is 12. The molecule has 288 valence electrons. The van der Waals surface area contributed by atoms with Gasteiger partial charge in [0.05, 0.1) is 52.9 Å². The van der Waals surface area contributed by atoms with Gasteiger partial charge >= 0.3 is 11.9 Å². The normalized spacial score (nSPS) is 11.4. The van der Waals surface area contributed by atoms with E-state index in [4.69, 9.17) is 24.2 Å². The number of nitrogens with one attached hydrogen (secondary N) is 1. The summed E-state index contributed by atoms with van der Waals surface area (Å²) < 4.78 is 17.8. The van der Waals surface area contributed by atoms with Gasteiger partial charge < -0.3 is 19.2 Å².